The number of hydrazone groups is 1. The molecule has 0 saturated heterocycles. The van der Waals surface area contributed by atoms with Crippen molar-refractivity contribution >= 4 is 12.2 Å². The highest BCUT2D eigenvalue weighted by Gasteiger charge is 2.11. The molecule has 0 atom stereocenters. The molecule has 5 N–H and O–H groups in total. The molecule has 6 heteroatoms. The molecule has 0 amide bonds. The number of nitrogens with two attached hydrogens (primary N) is 2. The number of nitrogens with zero attached hydrogens (tertiary/aromatic N) is 1. The first-order valence-corrected chi connectivity index (χ1v) is 4.83. The zero-order chi connectivity index (χ0) is 11.4. The van der Waals surface area contributed by atoms with E-state index in [4.69, 9.17) is 20.9 Å². The van der Waals surface area contributed by atoms with Crippen molar-refractivity contribution in [2.75, 3.05) is 13.2 Å². The molecule has 1 aliphatic heterocycles. The van der Waals surface area contributed by atoms with Gasteiger partial charge in [0.05, 0.1) is 0 Å². The molecule has 0 aromatic heterocycles. The molecule has 0 radical (unpaired) electrons. The predicted octanol–water partition coefficient (Wildman–Crippen LogP) is -1.85. The molecule has 0 spiro atoms. The fraction of sp³-hybridized carbons (Fsp3) is 0.200. The van der Waals surface area contributed by atoms with Crippen molar-refractivity contribution in [2.45, 2.75) is 0 Å². The van der Waals surface area contributed by atoms with Crippen LogP contribution < -0.4 is 26.0 Å². The summed E-state index contributed by atoms with van der Waals surface area (Å²) in [5.41, 5.74) is 11.2. The average Bonchev–Trinajstić information content (AvgIpc) is 2.28. The Balaban J connectivity index is 2.17. The Kier molecular flexibility index (Phi) is 2.90. The van der Waals surface area contributed by atoms with E-state index < -0.39 is 0 Å². The normalized spacial score (nSPS) is 13.8. The van der Waals surface area contributed by atoms with Gasteiger partial charge in [-0.2, -0.15) is 0 Å². The lowest BCUT2D eigenvalue weighted by atomic mass is 10.2. The van der Waals surface area contributed by atoms with Crippen molar-refractivity contribution in [3.05, 3.63) is 23.8 Å². The summed E-state index contributed by atoms with van der Waals surface area (Å²) < 4.78 is 10.8. The zero-order valence-corrected chi connectivity index (χ0v) is 8.64. The van der Waals surface area contributed by atoms with E-state index in [9.17, 15) is 0 Å². The maximum absolute atomic E-state index is 5.43. The third-order valence-electron chi connectivity index (χ3n) is 1.99. The first-order valence-electron chi connectivity index (χ1n) is 4.83. The second-order valence-corrected chi connectivity index (χ2v) is 3.21. The lowest BCUT2D eigenvalue weighted by Crippen LogP contribution is -2.63. The van der Waals surface area contributed by atoms with Crippen molar-refractivity contribution in [3.8, 4) is 11.5 Å². The van der Waals surface area contributed by atoms with Crippen LogP contribution in [0.3, 0.4) is 0 Å². The molecule has 1 aliphatic rings. The van der Waals surface area contributed by atoms with E-state index in [1.54, 1.807) is 6.21 Å². The van der Waals surface area contributed by atoms with Crippen molar-refractivity contribution < 1.29 is 14.6 Å². The van der Waals surface area contributed by atoms with Gasteiger partial charge in [0.1, 0.15) is 13.2 Å². The van der Waals surface area contributed by atoms with E-state index in [2.05, 4.69) is 10.2 Å². The number of fused-ring (bicyclic) bond motifs is 1. The summed E-state index contributed by atoms with van der Waals surface area (Å²) in [5, 5.41) is 6.25. The summed E-state index contributed by atoms with van der Waals surface area (Å²) in [7, 11) is 0. The number of benzene rings is 1. The number of hydrogen-bond donors (Lipinski definition) is 3. The molecule has 0 bridgehead atoms. The van der Waals surface area contributed by atoms with E-state index in [-0.39, 0.29) is 5.96 Å². The summed E-state index contributed by atoms with van der Waals surface area (Å²) in [4.78, 5) is 0. The van der Waals surface area contributed by atoms with Gasteiger partial charge < -0.3 is 20.9 Å². The van der Waals surface area contributed by atoms with Crippen LogP contribution in [-0.2, 0) is 0 Å². The van der Waals surface area contributed by atoms with Crippen LogP contribution in [0.1, 0.15) is 5.56 Å². The third kappa shape index (κ3) is 2.41. The first kappa shape index (κ1) is 10.3. The summed E-state index contributed by atoms with van der Waals surface area (Å²) in [6, 6.07) is 5.57. The zero-order valence-electron chi connectivity index (χ0n) is 8.64. The van der Waals surface area contributed by atoms with E-state index in [0.29, 0.717) is 13.2 Å². The van der Waals surface area contributed by atoms with Crippen LogP contribution in [0.15, 0.2) is 23.3 Å². The quantitative estimate of drug-likeness (QED) is 0.310. The van der Waals surface area contributed by atoms with Gasteiger partial charge in [-0.1, -0.05) is 0 Å². The Labute approximate surface area is 92.6 Å². The van der Waals surface area contributed by atoms with Gasteiger partial charge in [-0.05, 0) is 18.2 Å². The van der Waals surface area contributed by atoms with E-state index >= 15 is 0 Å². The van der Waals surface area contributed by atoms with Crippen molar-refractivity contribution in [3.63, 3.8) is 0 Å². The Bertz CT molecular complexity index is 438. The van der Waals surface area contributed by atoms with Crippen LogP contribution in [0, 0.1) is 0 Å². The largest absolute Gasteiger partial charge is 0.486 e. The van der Waals surface area contributed by atoms with E-state index in [1.165, 1.54) is 0 Å². The third-order valence-corrected chi connectivity index (χ3v) is 1.99. The van der Waals surface area contributed by atoms with Gasteiger partial charge in [-0.15, -0.1) is 5.10 Å². The SMILES string of the molecule is NC(N)=N/[NH+]=C/c1ccc2c(c1)OCCO2. The minimum Gasteiger partial charge on any atom is -0.486 e. The van der Waals surface area contributed by atoms with Crippen molar-refractivity contribution in [1.82, 2.24) is 0 Å². The van der Waals surface area contributed by atoms with Gasteiger partial charge in [-0.3, -0.25) is 0 Å². The highest BCUT2D eigenvalue weighted by molar-refractivity contribution is 5.78. The number of hydrogen-bond acceptors (Lipinski definition) is 3. The lowest BCUT2D eigenvalue weighted by molar-refractivity contribution is -0.456. The van der Waals surface area contributed by atoms with Crippen LogP contribution in [0.5, 0.6) is 11.5 Å². The summed E-state index contributed by atoms with van der Waals surface area (Å²) in [6.07, 6.45) is 1.66. The summed E-state index contributed by atoms with van der Waals surface area (Å²) in [6.45, 7) is 1.15. The molecule has 84 valence electrons. The number of rotatable bonds is 2. The standard InChI is InChI=1S/C10H12N4O2/c11-10(12)14-13-6-7-1-2-8-9(5-7)16-4-3-15-8/h1-2,5-6H,3-4H2,(H4,11,12,14)/p+1/b13-6+. The molecule has 6 nitrogen and oxygen atoms in total. The minimum absolute atomic E-state index is 0.0196. The first-order chi connectivity index (χ1) is 7.75. The maximum atomic E-state index is 5.43. The van der Waals surface area contributed by atoms with E-state index in [0.717, 1.165) is 17.1 Å². The molecule has 1 heterocycles. The highest BCUT2D eigenvalue weighted by atomic mass is 16.6. The monoisotopic (exact) mass is 221 g/mol. The topological polar surface area (TPSA) is 96.8 Å². The summed E-state index contributed by atoms with van der Waals surface area (Å²) >= 11 is 0. The minimum atomic E-state index is -0.0196. The maximum Gasteiger partial charge on any atom is 0.256 e. The molecule has 1 aromatic carbocycles. The second kappa shape index (κ2) is 4.52. The molecule has 0 unspecified atom stereocenters. The number of nitrogens with one attached hydrogen (secondary N) is 1. The Morgan fingerprint density at radius 1 is 1.25 bits per heavy atom. The molecule has 0 fully saturated rings. The molecule has 2 rings (SSSR count). The van der Waals surface area contributed by atoms with Gasteiger partial charge in [0, 0.05) is 10.7 Å². The van der Waals surface area contributed by atoms with Crippen molar-refractivity contribution in [1.29, 1.82) is 0 Å². The van der Waals surface area contributed by atoms with Crippen LogP contribution in [0.2, 0.25) is 0 Å². The number of ether oxygens (including phenoxy) is 2. The van der Waals surface area contributed by atoms with Crippen LogP contribution in [-0.4, -0.2) is 25.4 Å². The van der Waals surface area contributed by atoms with Gasteiger partial charge in [-0.25, -0.2) is 0 Å². The molecule has 0 saturated carbocycles. The van der Waals surface area contributed by atoms with Crippen LogP contribution in [0.25, 0.3) is 0 Å². The molecule has 1 aromatic rings. The van der Waals surface area contributed by atoms with Crippen LogP contribution in [0.4, 0.5) is 0 Å². The number of guanidine groups is 1. The smallest absolute Gasteiger partial charge is 0.256 e. The molecular formula is C10H13N4O2+. The highest BCUT2D eigenvalue weighted by Crippen LogP contribution is 2.29. The lowest BCUT2D eigenvalue weighted by Gasteiger charge is -2.17. The second-order valence-electron chi connectivity index (χ2n) is 3.21. The van der Waals surface area contributed by atoms with Gasteiger partial charge >= 0.3 is 0 Å². The van der Waals surface area contributed by atoms with Gasteiger partial charge in [0.2, 0.25) is 6.21 Å². The van der Waals surface area contributed by atoms with E-state index in [1.807, 2.05) is 18.2 Å². The van der Waals surface area contributed by atoms with Gasteiger partial charge in [0.25, 0.3) is 5.96 Å². The summed E-state index contributed by atoms with van der Waals surface area (Å²) in [5.74, 6) is 1.46. The molecule has 16 heavy (non-hydrogen) atoms. The van der Waals surface area contributed by atoms with Crippen LogP contribution >= 0.6 is 0 Å². The Morgan fingerprint density at radius 2 is 2.00 bits per heavy atom. The van der Waals surface area contributed by atoms with Gasteiger partial charge in [0.15, 0.2) is 11.5 Å². The molecule has 0 aliphatic carbocycles. The van der Waals surface area contributed by atoms with Crippen molar-refractivity contribution in [2.24, 2.45) is 16.6 Å². The predicted molar refractivity (Wildman–Crippen MR) is 59.4 cm³/mol. The Morgan fingerprint density at radius 3 is 2.75 bits per heavy atom. The average molecular weight is 221 g/mol. The Hall–Kier alpha value is -2.24. The molecular weight excluding hydrogens is 208 g/mol. The fourth-order valence-corrected chi connectivity index (χ4v) is 1.33. The fourth-order valence-electron chi connectivity index (χ4n) is 1.33.